The number of hydrogen-bond acceptors (Lipinski definition) is 6. The molecule has 0 saturated carbocycles. The first-order valence-corrected chi connectivity index (χ1v) is 10.5. The first-order chi connectivity index (χ1) is 12.6. The monoisotopic (exact) mass is 382 g/mol. The minimum absolute atomic E-state index is 0.197. The summed E-state index contributed by atoms with van der Waals surface area (Å²) >= 11 is 0. The van der Waals surface area contributed by atoms with Crippen LogP contribution in [0, 0.1) is 5.82 Å². The molecule has 2 heterocycles. The normalized spacial score (nSPS) is 15.4. The van der Waals surface area contributed by atoms with E-state index in [0.717, 1.165) is 32.4 Å². The fourth-order valence-corrected chi connectivity index (χ4v) is 4.63. The molecule has 6 nitrogen and oxygen atoms in total. The third-order valence-electron chi connectivity index (χ3n) is 4.18. The fourth-order valence-electron chi connectivity index (χ4n) is 3.00. The van der Waals surface area contributed by atoms with Crippen molar-refractivity contribution >= 4 is 18.9 Å². The van der Waals surface area contributed by atoms with Gasteiger partial charge in [0.25, 0.3) is 0 Å². The molecule has 1 fully saturated rings. The Bertz CT molecular complexity index is 762. The predicted octanol–water partition coefficient (Wildman–Crippen LogP) is 4.36. The largest absolute Gasteiger partial charge is 0.419 e. The highest BCUT2D eigenvalue weighted by atomic mass is 31.2. The number of hydrogen-bond donors (Lipinski definition) is 0. The average molecular weight is 382 g/mol. The van der Waals surface area contributed by atoms with E-state index in [1.807, 2.05) is 4.90 Å². The van der Waals surface area contributed by atoms with Gasteiger partial charge in [0, 0.05) is 18.7 Å². The van der Waals surface area contributed by atoms with Gasteiger partial charge in [-0.25, -0.2) is 4.39 Å². The van der Waals surface area contributed by atoms with Crippen LogP contribution in [-0.2, 0) is 13.6 Å². The molecule has 3 rings (SSSR count). The van der Waals surface area contributed by atoms with E-state index >= 15 is 0 Å². The topological polar surface area (TPSA) is 64.8 Å². The number of piperidine rings is 1. The van der Waals surface area contributed by atoms with Crippen molar-refractivity contribution in [3.05, 3.63) is 30.1 Å². The summed E-state index contributed by atoms with van der Waals surface area (Å²) in [6.45, 7) is 5.57. The van der Waals surface area contributed by atoms with Crippen LogP contribution in [0.3, 0.4) is 0 Å². The molecule has 1 aliphatic rings. The Hall–Kier alpha value is -1.69. The van der Waals surface area contributed by atoms with E-state index in [-0.39, 0.29) is 30.4 Å². The molecule has 0 bridgehead atoms. The van der Waals surface area contributed by atoms with E-state index in [4.69, 9.17) is 13.5 Å². The molecule has 26 heavy (non-hydrogen) atoms. The molecule has 2 aromatic rings. The third-order valence-corrected chi connectivity index (χ3v) is 6.19. The number of halogens is 1. The van der Waals surface area contributed by atoms with Crippen molar-refractivity contribution in [2.75, 3.05) is 31.2 Å². The standard InChI is InChI=1S/C18H24FN2O4P/c1-3-23-26(22,24-4-2)17-18(21-12-6-5-7-13-21)25-16(20-17)14-8-10-15(19)11-9-14/h8-11H,3-7,12-13H2,1-2H3. The highest BCUT2D eigenvalue weighted by molar-refractivity contribution is 7.62. The molecule has 0 spiro atoms. The van der Waals surface area contributed by atoms with Crippen molar-refractivity contribution in [3.8, 4) is 11.5 Å². The van der Waals surface area contributed by atoms with Crippen LogP contribution in [0.2, 0.25) is 0 Å². The lowest BCUT2D eigenvalue weighted by atomic mass is 10.1. The van der Waals surface area contributed by atoms with Gasteiger partial charge in [0.05, 0.1) is 13.2 Å². The zero-order valence-corrected chi connectivity index (χ0v) is 16.0. The van der Waals surface area contributed by atoms with Crippen LogP contribution >= 0.6 is 7.60 Å². The molecule has 0 N–H and O–H groups in total. The first kappa shape index (κ1) is 19.1. The van der Waals surface area contributed by atoms with Gasteiger partial charge in [-0.1, -0.05) is 0 Å². The molecule has 1 saturated heterocycles. The van der Waals surface area contributed by atoms with Crippen LogP contribution in [0.25, 0.3) is 11.5 Å². The smallest absolute Gasteiger partial charge is 0.385 e. The van der Waals surface area contributed by atoms with Gasteiger partial charge in [0.1, 0.15) is 5.82 Å². The maximum Gasteiger partial charge on any atom is 0.385 e. The highest BCUT2D eigenvalue weighted by Gasteiger charge is 2.38. The van der Waals surface area contributed by atoms with Crippen molar-refractivity contribution in [2.45, 2.75) is 33.1 Å². The zero-order chi connectivity index (χ0) is 18.6. The summed E-state index contributed by atoms with van der Waals surface area (Å²) in [5.41, 5.74) is 0.804. The van der Waals surface area contributed by atoms with Crippen LogP contribution < -0.4 is 10.3 Å². The number of oxazole rings is 1. The Morgan fingerprint density at radius 3 is 2.31 bits per heavy atom. The van der Waals surface area contributed by atoms with Crippen molar-refractivity contribution < 1.29 is 22.4 Å². The molecule has 0 atom stereocenters. The lowest BCUT2D eigenvalue weighted by Crippen LogP contribution is -2.33. The molecule has 0 aliphatic carbocycles. The van der Waals surface area contributed by atoms with Crippen molar-refractivity contribution in [1.29, 1.82) is 0 Å². The number of anilines is 1. The molecule has 0 unspecified atom stereocenters. The lowest BCUT2D eigenvalue weighted by molar-refractivity contribution is 0.229. The van der Waals surface area contributed by atoms with Gasteiger partial charge in [-0.2, -0.15) is 4.98 Å². The van der Waals surface area contributed by atoms with Crippen molar-refractivity contribution in [1.82, 2.24) is 4.98 Å². The maximum atomic E-state index is 13.3. The highest BCUT2D eigenvalue weighted by Crippen LogP contribution is 2.50. The van der Waals surface area contributed by atoms with Crippen LogP contribution in [0.1, 0.15) is 33.1 Å². The summed E-state index contributed by atoms with van der Waals surface area (Å²) in [5, 5.41) is 0. The molecule has 142 valence electrons. The van der Waals surface area contributed by atoms with Crippen molar-refractivity contribution in [2.24, 2.45) is 0 Å². The average Bonchev–Trinajstić information content (AvgIpc) is 3.10. The van der Waals surface area contributed by atoms with Crippen LogP contribution in [0.4, 0.5) is 10.3 Å². The van der Waals surface area contributed by atoms with Gasteiger partial charge in [-0.05, 0) is 57.4 Å². The second-order valence-corrected chi connectivity index (χ2v) is 7.97. The van der Waals surface area contributed by atoms with Crippen molar-refractivity contribution in [3.63, 3.8) is 0 Å². The minimum atomic E-state index is -3.61. The Kier molecular flexibility index (Phi) is 6.12. The van der Waals surface area contributed by atoms with E-state index in [1.54, 1.807) is 26.0 Å². The van der Waals surface area contributed by atoms with Gasteiger partial charge in [-0.3, -0.25) is 4.57 Å². The SMILES string of the molecule is CCOP(=O)(OCC)c1nc(-c2ccc(F)cc2)oc1N1CCCCC1. The maximum absolute atomic E-state index is 13.3. The van der Waals surface area contributed by atoms with Gasteiger partial charge < -0.3 is 18.4 Å². The molecule has 0 radical (unpaired) electrons. The molecular formula is C18H24FN2O4P. The van der Waals surface area contributed by atoms with Crippen LogP contribution in [0.15, 0.2) is 28.7 Å². The second-order valence-electron chi connectivity index (χ2n) is 6.04. The van der Waals surface area contributed by atoms with E-state index < -0.39 is 7.60 Å². The summed E-state index contributed by atoms with van der Waals surface area (Å²) in [6, 6.07) is 5.84. The fraction of sp³-hybridized carbons (Fsp3) is 0.500. The predicted molar refractivity (Wildman–Crippen MR) is 98.5 cm³/mol. The second kappa shape index (κ2) is 8.33. The quantitative estimate of drug-likeness (QED) is 0.663. The Morgan fingerprint density at radius 1 is 1.12 bits per heavy atom. The Morgan fingerprint density at radius 2 is 1.73 bits per heavy atom. The van der Waals surface area contributed by atoms with E-state index in [9.17, 15) is 8.96 Å². The van der Waals surface area contributed by atoms with Gasteiger partial charge in [-0.15, -0.1) is 0 Å². The summed E-state index contributed by atoms with van der Waals surface area (Å²) < 4.78 is 43.5. The van der Waals surface area contributed by atoms with E-state index in [1.165, 1.54) is 12.1 Å². The molecule has 1 aromatic heterocycles. The molecular weight excluding hydrogens is 358 g/mol. The summed E-state index contributed by atoms with van der Waals surface area (Å²) in [5.74, 6) is 0.362. The van der Waals surface area contributed by atoms with Crippen LogP contribution in [0.5, 0.6) is 0 Å². The Labute approximate surface area is 152 Å². The Balaban J connectivity index is 2.07. The minimum Gasteiger partial charge on any atom is -0.419 e. The van der Waals surface area contributed by atoms with Gasteiger partial charge in [0.15, 0.2) is 0 Å². The number of benzene rings is 1. The van der Waals surface area contributed by atoms with Gasteiger partial charge in [0.2, 0.25) is 17.2 Å². The number of rotatable bonds is 7. The third kappa shape index (κ3) is 4.00. The van der Waals surface area contributed by atoms with Gasteiger partial charge >= 0.3 is 7.60 Å². The number of nitrogens with zero attached hydrogens (tertiary/aromatic N) is 2. The molecule has 1 aliphatic heterocycles. The number of aromatic nitrogens is 1. The lowest BCUT2D eigenvalue weighted by Gasteiger charge is -2.27. The van der Waals surface area contributed by atoms with E-state index in [0.29, 0.717) is 11.4 Å². The zero-order valence-electron chi connectivity index (χ0n) is 15.1. The molecule has 8 heteroatoms. The summed E-state index contributed by atoms with van der Waals surface area (Å²) in [7, 11) is -3.61. The van der Waals surface area contributed by atoms with E-state index in [2.05, 4.69) is 4.98 Å². The molecule has 1 aromatic carbocycles. The molecule has 0 amide bonds. The van der Waals surface area contributed by atoms with Crippen LogP contribution in [-0.4, -0.2) is 31.3 Å². The summed E-state index contributed by atoms with van der Waals surface area (Å²) in [4.78, 5) is 6.48. The summed E-state index contributed by atoms with van der Waals surface area (Å²) in [6.07, 6.45) is 3.21. The first-order valence-electron chi connectivity index (χ1n) is 8.98.